The average Bonchev–Trinajstić information content (AvgIpc) is 2.88. The van der Waals surface area contributed by atoms with Gasteiger partial charge in [0.2, 0.25) is 5.79 Å². The van der Waals surface area contributed by atoms with E-state index in [1.807, 2.05) is 0 Å². The van der Waals surface area contributed by atoms with Crippen LogP contribution in [0.3, 0.4) is 0 Å². The lowest BCUT2D eigenvalue weighted by Crippen LogP contribution is -2.97. The van der Waals surface area contributed by atoms with Crippen molar-refractivity contribution in [3.05, 3.63) is 12.2 Å². The van der Waals surface area contributed by atoms with Crippen molar-refractivity contribution >= 4 is 11.8 Å². The molecule has 212 valence electrons. The molecule has 2 spiro atoms. The van der Waals surface area contributed by atoms with Crippen molar-refractivity contribution in [2.75, 3.05) is 6.61 Å². The molecule has 2 aliphatic heterocycles. The summed E-state index contributed by atoms with van der Waals surface area (Å²) >= 11 is 0. The van der Waals surface area contributed by atoms with Crippen molar-refractivity contribution in [2.24, 2.45) is 63.1 Å². The molecule has 1 unspecified atom stereocenters. The molecule has 11 aliphatic rings. The fourth-order valence-corrected chi connectivity index (χ4v) is 13.8. The van der Waals surface area contributed by atoms with Crippen LogP contribution in [0.25, 0.3) is 0 Å². The van der Waals surface area contributed by atoms with Gasteiger partial charge in [-0.05, 0) is 105 Å². The molecule has 7 heteroatoms. The highest BCUT2D eigenvalue weighted by molar-refractivity contribution is 6.09. The first-order valence-electron chi connectivity index (χ1n) is 15.6. The fourth-order valence-electron chi connectivity index (χ4n) is 13.8. The molecule has 9 saturated carbocycles. The fraction of sp³-hybridized carbons (Fsp3) is 0.875. The van der Waals surface area contributed by atoms with E-state index in [4.69, 9.17) is 9.47 Å². The Morgan fingerprint density at radius 3 is 2.28 bits per heavy atom. The standard InChI is InChI=1S/C32H42O7/c1-15-19-4-5-20-29-14-38-32(37,24(34)23(29)27(2,3)7-6-21(29)33)30(20)22(19)31(15,25(30)35)39-26(36)28-11-16-8-17(12-28)10-18(9-16)13-28/h16-24,33-34,37H,1,4-14H2,2-3H3/t16?,17?,18?,19-,20-,21-,22+,23+,24-,28?,29+,30+,31-,32?/m0/s1. The van der Waals surface area contributed by atoms with Gasteiger partial charge >= 0.3 is 5.97 Å². The van der Waals surface area contributed by atoms with Crippen molar-refractivity contribution in [3.63, 3.8) is 0 Å². The Kier molecular flexibility index (Phi) is 4.17. The maximum Gasteiger partial charge on any atom is 0.313 e. The summed E-state index contributed by atoms with van der Waals surface area (Å²) in [5.74, 6) is -2.15. The number of aliphatic hydroxyl groups excluding tert-OH is 2. The maximum atomic E-state index is 14.8. The largest absolute Gasteiger partial charge is 0.446 e. The van der Waals surface area contributed by atoms with E-state index < -0.39 is 45.8 Å². The first-order chi connectivity index (χ1) is 18.4. The Morgan fingerprint density at radius 1 is 1.00 bits per heavy atom. The minimum Gasteiger partial charge on any atom is -0.446 e. The molecule has 0 aromatic heterocycles. The van der Waals surface area contributed by atoms with Crippen LogP contribution in [0.15, 0.2) is 12.2 Å². The maximum absolute atomic E-state index is 14.8. The summed E-state index contributed by atoms with van der Waals surface area (Å²) in [6.07, 6.45) is 6.92. The number of carbonyl (C=O) groups excluding carboxylic acids is 2. The lowest BCUT2D eigenvalue weighted by Gasteiger charge is -2.84. The van der Waals surface area contributed by atoms with Gasteiger partial charge in [-0.1, -0.05) is 20.4 Å². The van der Waals surface area contributed by atoms with Crippen LogP contribution in [-0.2, 0) is 19.1 Å². The molecule has 11 fully saturated rings. The van der Waals surface area contributed by atoms with Crippen LogP contribution in [0.5, 0.6) is 0 Å². The van der Waals surface area contributed by atoms with Crippen LogP contribution in [0.1, 0.15) is 78.1 Å². The number of fused-ring (bicyclic) bond motifs is 1. The number of rotatable bonds is 2. The highest BCUT2D eigenvalue weighted by Gasteiger charge is 2.97. The summed E-state index contributed by atoms with van der Waals surface area (Å²) < 4.78 is 12.6. The highest BCUT2D eigenvalue weighted by atomic mass is 16.6. The predicted molar refractivity (Wildman–Crippen MR) is 138 cm³/mol. The molecule has 6 bridgehead atoms. The molecule has 2 saturated heterocycles. The number of hydrogen-bond acceptors (Lipinski definition) is 7. The van der Waals surface area contributed by atoms with E-state index in [-0.39, 0.29) is 41.5 Å². The van der Waals surface area contributed by atoms with Crippen molar-refractivity contribution in [1.82, 2.24) is 0 Å². The van der Waals surface area contributed by atoms with Gasteiger partial charge in [0, 0.05) is 17.3 Å². The Morgan fingerprint density at radius 2 is 1.64 bits per heavy atom. The Hall–Kier alpha value is -1.28. The van der Waals surface area contributed by atoms with Gasteiger partial charge in [0.1, 0.15) is 11.5 Å². The van der Waals surface area contributed by atoms with Crippen LogP contribution in [0.2, 0.25) is 0 Å². The molecule has 39 heavy (non-hydrogen) atoms. The van der Waals surface area contributed by atoms with Gasteiger partial charge in [0.05, 0.1) is 18.1 Å². The normalized spacial score (nSPS) is 62.4. The van der Waals surface area contributed by atoms with Crippen molar-refractivity contribution in [1.29, 1.82) is 0 Å². The number of hydrogen-bond donors (Lipinski definition) is 3. The van der Waals surface area contributed by atoms with Crippen LogP contribution >= 0.6 is 0 Å². The summed E-state index contributed by atoms with van der Waals surface area (Å²) in [4.78, 5) is 28.9. The number of carbonyl (C=O) groups is 2. The third kappa shape index (κ3) is 2.20. The topological polar surface area (TPSA) is 113 Å². The number of ether oxygens (including phenoxy) is 2. The zero-order chi connectivity index (χ0) is 27.1. The van der Waals surface area contributed by atoms with Gasteiger partial charge in [-0.3, -0.25) is 9.59 Å². The third-order valence-corrected chi connectivity index (χ3v) is 14.6. The van der Waals surface area contributed by atoms with Crippen LogP contribution in [0, 0.1) is 63.1 Å². The second-order valence-corrected chi connectivity index (χ2v) is 16.3. The lowest BCUT2D eigenvalue weighted by atomic mass is 9.21. The first-order valence-corrected chi connectivity index (χ1v) is 15.6. The molecule has 7 nitrogen and oxygen atoms in total. The van der Waals surface area contributed by atoms with Crippen molar-refractivity contribution in [3.8, 4) is 0 Å². The average molecular weight is 539 g/mol. The Bertz CT molecular complexity index is 1200. The minimum atomic E-state index is -2.06. The SMILES string of the molecule is C=C1[C@@H]2CC[C@H]3[C@@]45COC(O)([C@@H](O)[C@@H]4C(C)(C)CC[C@@H]5O)[C@]34C(=O)[C@@]1(OC(=O)C13CC5CC(CC(C5)C1)C3)[C@H]24. The summed E-state index contributed by atoms with van der Waals surface area (Å²) in [6.45, 7) is 8.64. The summed E-state index contributed by atoms with van der Waals surface area (Å²) in [7, 11) is 0. The van der Waals surface area contributed by atoms with Gasteiger partial charge in [-0.15, -0.1) is 0 Å². The van der Waals surface area contributed by atoms with E-state index >= 15 is 0 Å². The summed E-state index contributed by atoms with van der Waals surface area (Å²) in [5.41, 5.74) is -3.80. The van der Waals surface area contributed by atoms with Crippen molar-refractivity contribution < 1.29 is 34.4 Å². The monoisotopic (exact) mass is 538 g/mol. The van der Waals surface area contributed by atoms with Crippen molar-refractivity contribution in [2.45, 2.75) is 102 Å². The molecule has 3 N–H and O–H groups in total. The van der Waals surface area contributed by atoms with Gasteiger partial charge in [-0.2, -0.15) is 0 Å². The molecule has 2 heterocycles. The summed E-state index contributed by atoms with van der Waals surface area (Å²) in [6, 6.07) is 0. The van der Waals surface area contributed by atoms with Gasteiger partial charge in [0.15, 0.2) is 11.4 Å². The molecule has 9 aliphatic carbocycles. The quantitative estimate of drug-likeness (QED) is 0.366. The molecular weight excluding hydrogens is 496 g/mol. The number of ketones is 1. The van der Waals surface area contributed by atoms with Gasteiger partial charge in [-0.25, -0.2) is 0 Å². The van der Waals surface area contributed by atoms with Crippen LogP contribution in [-0.4, -0.2) is 57.3 Å². The van der Waals surface area contributed by atoms with Gasteiger partial charge < -0.3 is 24.8 Å². The van der Waals surface area contributed by atoms with E-state index in [1.54, 1.807) is 0 Å². The smallest absolute Gasteiger partial charge is 0.313 e. The minimum absolute atomic E-state index is 0.0640. The molecule has 0 aromatic rings. The third-order valence-electron chi connectivity index (χ3n) is 14.6. The van der Waals surface area contributed by atoms with E-state index in [9.17, 15) is 24.9 Å². The highest BCUT2D eigenvalue weighted by Crippen LogP contribution is 2.85. The summed E-state index contributed by atoms with van der Waals surface area (Å²) in [5, 5.41) is 35.9. The first kappa shape index (κ1) is 24.3. The zero-order valence-electron chi connectivity index (χ0n) is 23.2. The molecule has 0 amide bonds. The molecule has 0 aromatic carbocycles. The molecule has 10 atom stereocenters. The van der Waals surface area contributed by atoms with E-state index in [2.05, 4.69) is 20.4 Å². The number of Topliss-reactive ketones (excluding diaryl/α,β-unsaturated/α-hetero) is 1. The van der Waals surface area contributed by atoms with Gasteiger partial charge in [0.25, 0.3) is 0 Å². The Labute approximate surface area is 229 Å². The number of aliphatic hydroxyl groups is 3. The van der Waals surface area contributed by atoms with Crippen LogP contribution < -0.4 is 0 Å². The van der Waals surface area contributed by atoms with E-state index in [1.165, 1.54) is 19.3 Å². The molecule has 11 rings (SSSR count). The lowest BCUT2D eigenvalue weighted by molar-refractivity contribution is -0.483. The predicted octanol–water partition coefficient (Wildman–Crippen LogP) is 3.14. The zero-order valence-corrected chi connectivity index (χ0v) is 23.2. The van der Waals surface area contributed by atoms with Crippen LogP contribution in [0.4, 0.5) is 0 Å². The molecule has 0 radical (unpaired) electrons. The van der Waals surface area contributed by atoms with E-state index in [0.717, 1.165) is 32.1 Å². The van der Waals surface area contributed by atoms with E-state index in [0.29, 0.717) is 36.2 Å². The second kappa shape index (κ2) is 6.68. The molecular formula is C32H42O7. The second-order valence-electron chi connectivity index (χ2n) is 16.3. The number of esters is 1. The Balaban J connectivity index is 1.14.